The standard InChI is InChI=1S/C37H76O4/c1-3-5-7-9-11-13-15-16-17-18-19-21-23-25-27-29-31-39-33-35-41-37-36-40-34-32-38-30-28-26-24-22-20-14-12-10-8-6-4-2/h3-37H2,1-2H3. The van der Waals surface area contributed by atoms with Crippen LogP contribution in [0.4, 0.5) is 0 Å². The molecule has 0 aliphatic carbocycles. The summed E-state index contributed by atoms with van der Waals surface area (Å²) in [6.45, 7) is 10.3. The van der Waals surface area contributed by atoms with Gasteiger partial charge in [0, 0.05) is 13.2 Å². The maximum atomic E-state index is 5.70. The third kappa shape index (κ3) is 39.8. The van der Waals surface area contributed by atoms with Crippen LogP contribution in [-0.2, 0) is 18.9 Å². The highest BCUT2D eigenvalue weighted by Crippen LogP contribution is 2.14. The summed E-state index contributed by atoms with van der Waals surface area (Å²) in [6, 6.07) is 0. The van der Waals surface area contributed by atoms with E-state index in [0.717, 1.165) is 13.2 Å². The van der Waals surface area contributed by atoms with E-state index in [1.807, 2.05) is 0 Å². The van der Waals surface area contributed by atoms with Crippen LogP contribution in [0, 0.1) is 0 Å². The van der Waals surface area contributed by atoms with Gasteiger partial charge in [0.05, 0.1) is 39.6 Å². The van der Waals surface area contributed by atoms with Crippen molar-refractivity contribution in [2.24, 2.45) is 0 Å². The zero-order chi connectivity index (χ0) is 29.6. The Bertz CT molecular complexity index is 393. The quantitative estimate of drug-likeness (QED) is 0.0676. The van der Waals surface area contributed by atoms with E-state index in [4.69, 9.17) is 18.9 Å². The third-order valence-corrected chi connectivity index (χ3v) is 8.15. The maximum absolute atomic E-state index is 5.70. The largest absolute Gasteiger partial charge is 0.379 e. The maximum Gasteiger partial charge on any atom is 0.0701 e. The summed E-state index contributed by atoms with van der Waals surface area (Å²) in [6.07, 6.45) is 37.6. The summed E-state index contributed by atoms with van der Waals surface area (Å²) in [4.78, 5) is 0. The SMILES string of the molecule is CCCCCCCCCCCCCCCCCCOCCOCCOCCOCCCCCCCCCCCCC. The van der Waals surface area contributed by atoms with Gasteiger partial charge in [-0.3, -0.25) is 0 Å². The molecular formula is C37H76O4. The van der Waals surface area contributed by atoms with Gasteiger partial charge in [-0.15, -0.1) is 0 Å². The van der Waals surface area contributed by atoms with Crippen molar-refractivity contribution in [3.05, 3.63) is 0 Å². The predicted molar refractivity (Wildman–Crippen MR) is 179 cm³/mol. The normalized spacial score (nSPS) is 11.6. The van der Waals surface area contributed by atoms with Crippen LogP contribution in [0.1, 0.15) is 187 Å². The van der Waals surface area contributed by atoms with Gasteiger partial charge in [0.2, 0.25) is 0 Å². The van der Waals surface area contributed by atoms with Crippen molar-refractivity contribution in [3.8, 4) is 0 Å². The molecule has 0 aliphatic heterocycles. The Labute approximate surface area is 258 Å². The number of unbranched alkanes of at least 4 members (excludes halogenated alkanes) is 25. The zero-order valence-corrected chi connectivity index (χ0v) is 28.4. The second kappa shape index (κ2) is 39.8. The first kappa shape index (κ1) is 40.8. The number of hydrogen-bond donors (Lipinski definition) is 0. The van der Waals surface area contributed by atoms with Gasteiger partial charge in [0.25, 0.3) is 0 Å². The molecule has 4 nitrogen and oxygen atoms in total. The van der Waals surface area contributed by atoms with Crippen molar-refractivity contribution in [1.82, 2.24) is 0 Å². The fourth-order valence-corrected chi connectivity index (χ4v) is 5.38. The predicted octanol–water partition coefficient (Wildman–Crippen LogP) is 11.6. The van der Waals surface area contributed by atoms with E-state index < -0.39 is 0 Å². The highest BCUT2D eigenvalue weighted by molar-refractivity contribution is 4.51. The van der Waals surface area contributed by atoms with Gasteiger partial charge in [0.15, 0.2) is 0 Å². The molecule has 0 aromatic heterocycles. The lowest BCUT2D eigenvalue weighted by molar-refractivity contribution is -0.00248. The van der Waals surface area contributed by atoms with Gasteiger partial charge in [-0.1, -0.05) is 174 Å². The van der Waals surface area contributed by atoms with Gasteiger partial charge in [0.1, 0.15) is 0 Å². The highest BCUT2D eigenvalue weighted by Gasteiger charge is 1.97. The van der Waals surface area contributed by atoms with Crippen LogP contribution in [0.15, 0.2) is 0 Å². The van der Waals surface area contributed by atoms with E-state index in [9.17, 15) is 0 Å². The molecule has 0 saturated carbocycles. The summed E-state index contributed by atoms with van der Waals surface area (Å²) in [5, 5.41) is 0. The first-order valence-corrected chi connectivity index (χ1v) is 18.7. The molecule has 0 aromatic rings. The average molecular weight is 585 g/mol. The fraction of sp³-hybridized carbons (Fsp3) is 1.00. The van der Waals surface area contributed by atoms with Crippen molar-refractivity contribution < 1.29 is 18.9 Å². The minimum absolute atomic E-state index is 0.640. The lowest BCUT2D eigenvalue weighted by Crippen LogP contribution is -2.12. The summed E-state index contributed by atoms with van der Waals surface area (Å²) < 4.78 is 22.6. The van der Waals surface area contributed by atoms with E-state index in [1.54, 1.807) is 0 Å². The molecule has 0 saturated heterocycles. The van der Waals surface area contributed by atoms with E-state index in [0.29, 0.717) is 39.6 Å². The summed E-state index contributed by atoms with van der Waals surface area (Å²) in [7, 11) is 0. The zero-order valence-electron chi connectivity index (χ0n) is 28.4. The van der Waals surface area contributed by atoms with Crippen LogP contribution < -0.4 is 0 Å². The minimum Gasteiger partial charge on any atom is -0.379 e. The molecule has 4 heteroatoms. The van der Waals surface area contributed by atoms with E-state index in [2.05, 4.69) is 13.8 Å². The molecule has 0 aliphatic rings. The molecule has 0 heterocycles. The minimum atomic E-state index is 0.640. The van der Waals surface area contributed by atoms with Crippen LogP contribution in [0.2, 0.25) is 0 Å². The first-order chi connectivity index (χ1) is 20.4. The van der Waals surface area contributed by atoms with Crippen molar-refractivity contribution in [2.75, 3.05) is 52.9 Å². The number of rotatable bonds is 38. The molecule has 0 amide bonds. The molecule has 0 unspecified atom stereocenters. The van der Waals surface area contributed by atoms with E-state index >= 15 is 0 Å². The molecule has 0 radical (unpaired) electrons. The lowest BCUT2D eigenvalue weighted by Gasteiger charge is -2.08. The second-order valence-electron chi connectivity index (χ2n) is 12.3. The number of ether oxygens (including phenoxy) is 4. The molecular weight excluding hydrogens is 508 g/mol. The van der Waals surface area contributed by atoms with Crippen LogP contribution >= 0.6 is 0 Å². The van der Waals surface area contributed by atoms with Crippen molar-refractivity contribution >= 4 is 0 Å². The van der Waals surface area contributed by atoms with Crippen LogP contribution in [-0.4, -0.2) is 52.9 Å². The average Bonchev–Trinajstić information content (AvgIpc) is 2.98. The lowest BCUT2D eigenvalue weighted by atomic mass is 10.0. The summed E-state index contributed by atoms with van der Waals surface area (Å²) in [5.74, 6) is 0. The first-order valence-electron chi connectivity index (χ1n) is 18.7. The Morgan fingerprint density at radius 3 is 0.585 bits per heavy atom. The van der Waals surface area contributed by atoms with Crippen molar-refractivity contribution in [1.29, 1.82) is 0 Å². The van der Waals surface area contributed by atoms with Crippen LogP contribution in [0.3, 0.4) is 0 Å². The Balaban J connectivity index is 3.02. The monoisotopic (exact) mass is 585 g/mol. The van der Waals surface area contributed by atoms with Crippen molar-refractivity contribution in [3.63, 3.8) is 0 Å². The van der Waals surface area contributed by atoms with Crippen molar-refractivity contribution in [2.45, 2.75) is 187 Å². The molecule has 0 atom stereocenters. The highest BCUT2D eigenvalue weighted by atomic mass is 16.6. The second-order valence-corrected chi connectivity index (χ2v) is 12.3. The summed E-state index contributed by atoms with van der Waals surface area (Å²) in [5.41, 5.74) is 0. The fourth-order valence-electron chi connectivity index (χ4n) is 5.38. The van der Waals surface area contributed by atoms with E-state index in [-0.39, 0.29) is 0 Å². The topological polar surface area (TPSA) is 36.9 Å². The Morgan fingerprint density at radius 2 is 0.366 bits per heavy atom. The van der Waals surface area contributed by atoms with Crippen LogP contribution in [0.25, 0.3) is 0 Å². The van der Waals surface area contributed by atoms with E-state index in [1.165, 1.54) is 173 Å². The Hall–Kier alpha value is -0.160. The molecule has 0 spiro atoms. The molecule has 0 fully saturated rings. The van der Waals surface area contributed by atoms with Gasteiger partial charge in [-0.2, -0.15) is 0 Å². The Morgan fingerprint density at radius 1 is 0.195 bits per heavy atom. The molecule has 0 N–H and O–H groups in total. The summed E-state index contributed by atoms with van der Waals surface area (Å²) >= 11 is 0. The van der Waals surface area contributed by atoms with Gasteiger partial charge in [-0.05, 0) is 12.8 Å². The Kier molecular flexibility index (Phi) is 39.7. The molecule has 0 rings (SSSR count). The molecule has 41 heavy (non-hydrogen) atoms. The molecule has 0 aromatic carbocycles. The van der Waals surface area contributed by atoms with Crippen LogP contribution in [0.5, 0.6) is 0 Å². The van der Waals surface area contributed by atoms with Gasteiger partial charge >= 0.3 is 0 Å². The third-order valence-electron chi connectivity index (χ3n) is 8.15. The molecule has 248 valence electrons. The number of hydrogen-bond acceptors (Lipinski definition) is 4. The molecule has 0 bridgehead atoms. The van der Waals surface area contributed by atoms with Gasteiger partial charge in [-0.25, -0.2) is 0 Å². The smallest absolute Gasteiger partial charge is 0.0701 e. The van der Waals surface area contributed by atoms with Gasteiger partial charge < -0.3 is 18.9 Å².